The number of nitrogens with one attached hydrogen (secondary N) is 1. The van der Waals surface area contributed by atoms with Crippen molar-refractivity contribution < 1.29 is 9.59 Å². The number of Topliss-reactive ketones (excluding diaryl/α,β-unsaturated/α-hetero) is 1. The summed E-state index contributed by atoms with van der Waals surface area (Å²) in [7, 11) is 0. The van der Waals surface area contributed by atoms with Crippen molar-refractivity contribution in [2.75, 3.05) is 0 Å². The van der Waals surface area contributed by atoms with E-state index in [1.807, 2.05) is 26.0 Å². The largest absolute Gasteiger partial charge is 0.350 e. The molecule has 0 saturated heterocycles. The van der Waals surface area contributed by atoms with E-state index in [1.54, 1.807) is 12.1 Å². The summed E-state index contributed by atoms with van der Waals surface area (Å²) in [6.07, 6.45) is 5.63. The second-order valence-corrected chi connectivity index (χ2v) is 4.74. The van der Waals surface area contributed by atoms with Crippen LogP contribution >= 0.6 is 0 Å². The normalized spacial score (nSPS) is 13.5. The van der Waals surface area contributed by atoms with E-state index in [0.717, 1.165) is 5.56 Å². The Bertz CT molecular complexity index is 618. The van der Waals surface area contributed by atoms with E-state index < -0.39 is 0 Å². The molecule has 0 spiro atoms. The summed E-state index contributed by atoms with van der Waals surface area (Å²) in [5, 5.41) is 2.75. The average Bonchev–Trinajstić information content (AvgIpc) is 2.63. The van der Waals surface area contributed by atoms with Gasteiger partial charge in [-0.1, -0.05) is 24.3 Å². The van der Waals surface area contributed by atoms with E-state index in [2.05, 4.69) is 11.2 Å². The van der Waals surface area contributed by atoms with Gasteiger partial charge in [0.25, 0.3) is 5.91 Å². The average molecular weight is 253 g/mol. The first-order chi connectivity index (χ1) is 9.06. The van der Waals surface area contributed by atoms with E-state index in [4.69, 9.17) is 6.42 Å². The zero-order valence-corrected chi connectivity index (χ0v) is 11.0. The van der Waals surface area contributed by atoms with E-state index in [1.165, 1.54) is 0 Å². The molecule has 1 aromatic carbocycles. The number of carbonyl (C=O) groups excluding carboxylic acids is 2. The Hall–Kier alpha value is -2.34. The molecule has 0 aromatic heterocycles. The molecule has 0 fully saturated rings. The van der Waals surface area contributed by atoms with Crippen LogP contribution in [0, 0.1) is 12.3 Å². The van der Waals surface area contributed by atoms with Gasteiger partial charge in [0.2, 0.25) is 0 Å². The van der Waals surface area contributed by atoms with Crippen LogP contribution in [-0.2, 0) is 4.79 Å². The van der Waals surface area contributed by atoms with Gasteiger partial charge in [-0.15, -0.1) is 12.3 Å². The zero-order valence-electron chi connectivity index (χ0n) is 11.0. The van der Waals surface area contributed by atoms with Crippen molar-refractivity contribution >= 4 is 17.3 Å². The number of allylic oxidation sites excluding steroid dienone is 1. The van der Waals surface area contributed by atoms with Crippen molar-refractivity contribution in [3.05, 3.63) is 41.0 Å². The second-order valence-electron chi connectivity index (χ2n) is 4.74. The highest BCUT2D eigenvalue weighted by molar-refractivity contribution is 6.34. The summed E-state index contributed by atoms with van der Waals surface area (Å²) in [6, 6.07) is 7.15. The first kappa shape index (κ1) is 13.1. The van der Waals surface area contributed by atoms with Crippen LogP contribution in [0.25, 0.3) is 5.57 Å². The number of benzene rings is 1. The molecule has 0 saturated carbocycles. The van der Waals surface area contributed by atoms with Gasteiger partial charge in [0.05, 0.1) is 5.57 Å². The SMILES string of the molecule is C#CCC1=C(C(=O)NC(C)C)C(=O)c2ccccc21. The molecule has 0 aliphatic heterocycles. The first-order valence-corrected chi connectivity index (χ1v) is 6.17. The summed E-state index contributed by atoms with van der Waals surface area (Å²) in [6.45, 7) is 3.71. The van der Waals surface area contributed by atoms with E-state index in [-0.39, 0.29) is 29.7 Å². The minimum Gasteiger partial charge on any atom is -0.350 e. The summed E-state index contributed by atoms with van der Waals surface area (Å²) in [4.78, 5) is 24.5. The molecule has 96 valence electrons. The van der Waals surface area contributed by atoms with Crippen molar-refractivity contribution in [3.8, 4) is 12.3 Å². The Kier molecular flexibility index (Phi) is 3.52. The number of carbonyl (C=O) groups is 2. The molecule has 1 N–H and O–H groups in total. The van der Waals surface area contributed by atoms with Crippen molar-refractivity contribution in [1.29, 1.82) is 0 Å². The van der Waals surface area contributed by atoms with E-state index in [9.17, 15) is 9.59 Å². The van der Waals surface area contributed by atoms with Crippen LogP contribution in [0.3, 0.4) is 0 Å². The minimum absolute atomic E-state index is 0.0244. The maximum atomic E-state index is 12.3. The molecular formula is C16H15NO2. The fraction of sp³-hybridized carbons (Fsp3) is 0.250. The first-order valence-electron chi connectivity index (χ1n) is 6.17. The Morgan fingerprint density at radius 3 is 2.53 bits per heavy atom. The summed E-state index contributed by atoms with van der Waals surface area (Å²) in [5.41, 5.74) is 2.18. The van der Waals surface area contributed by atoms with Crippen molar-refractivity contribution in [2.45, 2.75) is 26.3 Å². The third-order valence-electron chi connectivity index (χ3n) is 2.95. The van der Waals surface area contributed by atoms with E-state index >= 15 is 0 Å². The predicted molar refractivity (Wildman–Crippen MR) is 74.4 cm³/mol. The summed E-state index contributed by atoms with van der Waals surface area (Å²) < 4.78 is 0. The topological polar surface area (TPSA) is 46.2 Å². The number of hydrogen-bond acceptors (Lipinski definition) is 2. The summed E-state index contributed by atoms with van der Waals surface area (Å²) >= 11 is 0. The third-order valence-corrected chi connectivity index (χ3v) is 2.95. The Labute approximate surface area is 112 Å². The molecule has 1 aliphatic carbocycles. The molecular weight excluding hydrogens is 238 g/mol. The zero-order chi connectivity index (χ0) is 14.0. The standard InChI is InChI=1S/C16H15NO2/c1-4-7-12-11-8-5-6-9-13(11)15(18)14(12)16(19)17-10(2)3/h1,5-6,8-10H,7H2,2-3H3,(H,17,19). The molecule has 1 aliphatic rings. The van der Waals surface area contributed by atoms with Gasteiger partial charge in [0.1, 0.15) is 0 Å². The number of terminal acetylenes is 1. The molecule has 1 aromatic rings. The maximum absolute atomic E-state index is 12.3. The van der Waals surface area contributed by atoms with Crippen LogP contribution in [0.2, 0.25) is 0 Å². The van der Waals surface area contributed by atoms with Crippen LogP contribution in [0.15, 0.2) is 29.8 Å². The highest BCUT2D eigenvalue weighted by Crippen LogP contribution is 2.34. The second kappa shape index (κ2) is 5.11. The molecule has 3 nitrogen and oxygen atoms in total. The monoisotopic (exact) mass is 253 g/mol. The van der Waals surface area contributed by atoms with Crippen molar-refractivity contribution in [1.82, 2.24) is 5.32 Å². The van der Waals surface area contributed by atoms with Gasteiger partial charge in [-0.05, 0) is 25.0 Å². The van der Waals surface area contributed by atoms with Gasteiger partial charge in [0, 0.05) is 18.0 Å². The van der Waals surface area contributed by atoms with Crippen LogP contribution in [0.4, 0.5) is 0 Å². The molecule has 1 amide bonds. The lowest BCUT2D eigenvalue weighted by molar-refractivity contribution is -0.117. The fourth-order valence-corrected chi connectivity index (χ4v) is 2.21. The van der Waals surface area contributed by atoms with Gasteiger partial charge in [0.15, 0.2) is 5.78 Å². The van der Waals surface area contributed by atoms with Gasteiger partial charge < -0.3 is 5.32 Å². The molecule has 0 unspecified atom stereocenters. The Balaban J connectivity index is 2.51. The van der Waals surface area contributed by atoms with Crippen LogP contribution in [-0.4, -0.2) is 17.7 Å². The lowest BCUT2D eigenvalue weighted by atomic mass is 10.0. The smallest absolute Gasteiger partial charge is 0.255 e. The van der Waals surface area contributed by atoms with Gasteiger partial charge in [-0.25, -0.2) is 0 Å². The molecule has 0 heterocycles. The highest BCUT2D eigenvalue weighted by Gasteiger charge is 2.33. The maximum Gasteiger partial charge on any atom is 0.255 e. The predicted octanol–water partition coefficient (Wildman–Crippen LogP) is 2.18. The van der Waals surface area contributed by atoms with Gasteiger partial charge in [-0.2, -0.15) is 0 Å². The highest BCUT2D eigenvalue weighted by atomic mass is 16.2. The minimum atomic E-state index is -0.346. The number of ketones is 1. The van der Waals surface area contributed by atoms with Crippen LogP contribution in [0.1, 0.15) is 36.2 Å². The fourth-order valence-electron chi connectivity index (χ4n) is 2.21. The summed E-state index contributed by atoms with van der Waals surface area (Å²) in [5.74, 6) is 1.94. The van der Waals surface area contributed by atoms with Crippen LogP contribution < -0.4 is 5.32 Å². The Morgan fingerprint density at radius 2 is 1.95 bits per heavy atom. The molecule has 2 rings (SSSR count). The molecule has 0 radical (unpaired) electrons. The number of amides is 1. The lowest BCUT2D eigenvalue weighted by Gasteiger charge is -2.09. The molecule has 19 heavy (non-hydrogen) atoms. The third kappa shape index (κ3) is 2.30. The van der Waals surface area contributed by atoms with Crippen molar-refractivity contribution in [2.24, 2.45) is 0 Å². The quantitative estimate of drug-likeness (QED) is 0.663. The molecule has 0 atom stereocenters. The van der Waals surface area contributed by atoms with Gasteiger partial charge in [-0.3, -0.25) is 9.59 Å². The number of rotatable bonds is 3. The Morgan fingerprint density at radius 1 is 1.32 bits per heavy atom. The molecule has 0 bridgehead atoms. The van der Waals surface area contributed by atoms with E-state index in [0.29, 0.717) is 11.1 Å². The lowest BCUT2D eigenvalue weighted by Crippen LogP contribution is -2.33. The molecule has 3 heteroatoms. The van der Waals surface area contributed by atoms with Crippen molar-refractivity contribution in [3.63, 3.8) is 0 Å². The number of hydrogen-bond donors (Lipinski definition) is 1. The van der Waals surface area contributed by atoms with Gasteiger partial charge >= 0.3 is 0 Å². The number of fused-ring (bicyclic) bond motifs is 1. The van der Waals surface area contributed by atoms with Crippen LogP contribution in [0.5, 0.6) is 0 Å².